The molecule has 17 nitrogen and oxygen atoms in total. The van der Waals surface area contributed by atoms with Crippen LogP contribution in [0, 0.1) is 0 Å². The van der Waals surface area contributed by atoms with Crippen LogP contribution in [0.4, 0.5) is 0 Å². The van der Waals surface area contributed by atoms with E-state index < -0.39 is 91.9 Å². The topological polar surface area (TPSA) is 295 Å². The van der Waals surface area contributed by atoms with Crippen LogP contribution in [-0.2, 0) is 38.4 Å². The van der Waals surface area contributed by atoms with E-state index in [4.69, 9.17) is 22.3 Å². The van der Waals surface area contributed by atoms with Crippen molar-refractivity contribution in [3.8, 4) is 0 Å². The van der Waals surface area contributed by atoms with Gasteiger partial charge in [0.05, 0.1) is 39.0 Å². The Labute approximate surface area is 186 Å². The van der Waals surface area contributed by atoms with Crippen LogP contribution in [0.5, 0.6) is 0 Å². The molecule has 7 amide bonds. The van der Waals surface area contributed by atoms with E-state index in [1.807, 2.05) is 5.32 Å². The Hall–Kier alpha value is -4.28. The van der Waals surface area contributed by atoms with Gasteiger partial charge in [0.15, 0.2) is 0 Å². The maximum atomic E-state index is 12.2. The number of aliphatic carboxylic acids is 1. The summed E-state index contributed by atoms with van der Waals surface area (Å²) in [6.45, 7) is -1.95. The molecule has 0 saturated carbocycles. The molecule has 0 bridgehead atoms. The molecule has 0 aromatic heterocycles. The standard InChI is InChI=1S/C16H26N8O9/c17-3-11(27)20-4-12(28)21-5-13(29)22-6-14(30)23-7(1-9(18)25)15(31)24-8(16(32)33)2-10(19)26/h7-8H,1-6,17H2,(H2,18,25)(H2,19,26)(H,20,27)(H,21,28)(H,22,29)(H,23,30)(H,24,31)(H,32,33)/t7-,8-/m0/s1. The zero-order chi connectivity index (χ0) is 25.6. The van der Waals surface area contributed by atoms with E-state index in [0.717, 1.165) is 0 Å². The number of carbonyl (C=O) groups is 8. The first-order valence-corrected chi connectivity index (χ1v) is 9.25. The largest absolute Gasteiger partial charge is 0.480 e. The highest BCUT2D eigenvalue weighted by molar-refractivity contribution is 5.96. The Balaban J connectivity index is 4.70. The molecule has 0 aliphatic carbocycles. The first-order valence-electron chi connectivity index (χ1n) is 9.25. The predicted molar refractivity (Wildman–Crippen MR) is 107 cm³/mol. The molecule has 12 N–H and O–H groups in total. The number of hydrogen-bond acceptors (Lipinski definition) is 9. The Bertz CT molecular complexity index is 801. The Kier molecular flexibility index (Phi) is 12.8. The third kappa shape index (κ3) is 13.6. The maximum absolute atomic E-state index is 12.2. The monoisotopic (exact) mass is 474 g/mol. The van der Waals surface area contributed by atoms with Crippen molar-refractivity contribution in [2.24, 2.45) is 17.2 Å². The van der Waals surface area contributed by atoms with Gasteiger partial charge in [-0.3, -0.25) is 33.6 Å². The van der Waals surface area contributed by atoms with E-state index in [9.17, 15) is 38.4 Å². The highest BCUT2D eigenvalue weighted by Crippen LogP contribution is 1.97. The fourth-order valence-electron chi connectivity index (χ4n) is 2.06. The minimum atomic E-state index is -1.71. The van der Waals surface area contributed by atoms with Gasteiger partial charge in [-0.15, -0.1) is 0 Å². The van der Waals surface area contributed by atoms with Crippen LogP contribution in [0.1, 0.15) is 12.8 Å². The van der Waals surface area contributed by atoms with Gasteiger partial charge in [-0.05, 0) is 0 Å². The summed E-state index contributed by atoms with van der Waals surface area (Å²) in [5.41, 5.74) is 15.0. The molecule has 2 atom stereocenters. The zero-order valence-electron chi connectivity index (χ0n) is 17.3. The van der Waals surface area contributed by atoms with Gasteiger partial charge in [0.2, 0.25) is 41.4 Å². The molecule has 0 rings (SSSR count). The van der Waals surface area contributed by atoms with Crippen molar-refractivity contribution >= 4 is 47.3 Å². The molecule has 0 aliphatic heterocycles. The number of nitrogens with two attached hydrogens (primary N) is 3. The molecule has 0 aliphatic rings. The molecule has 0 saturated heterocycles. The van der Waals surface area contributed by atoms with Gasteiger partial charge >= 0.3 is 5.97 Å². The summed E-state index contributed by atoms with van der Waals surface area (Å²) < 4.78 is 0. The highest BCUT2D eigenvalue weighted by atomic mass is 16.4. The van der Waals surface area contributed by atoms with Crippen LogP contribution >= 0.6 is 0 Å². The lowest BCUT2D eigenvalue weighted by atomic mass is 10.1. The number of hydrogen-bond donors (Lipinski definition) is 9. The fraction of sp³-hybridized carbons (Fsp3) is 0.500. The van der Waals surface area contributed by atoms with Gasteiger partial charge in [0.1, 0.15) is 12.1 Å². The van der Waals surface area contributed by atoms with Crippen molar-refractivity contribution in [3.05, 3.63) is 0 Å². The molecule has 0 radical (unpaired) electrons. The molecular weight excluding hydrogens is 448 g/mol. The van der Waals surface area contributed by atoms with Gasteiger partial charge in [-0.25, -0.2) is 4.79 Å². The van der Waals surface area contributed by atoms with E-state index in [1.165, 1.54) is 0 Å². The van der Waals surface area contributed by atoms with Gasteiger partial charge in [-0.2, -0.15) is 0 Å². The second-order valence-electron chi connectivity index (χ2n) is 6.39. The van der Waals surface area contributed by atoms with E-state index in [1.54, 1.807) is 0 Å². The maximum Gasteiger partial charge on any atom is 0.326 e. The second-order valence-corrected chi connectivity index (χ2v) is 6.39. The number of carbonyl (C=O) groups excluding carboxylic acids is 7. The molecule has 0 heterocycles. The third-order valence-corrected chi connectivity index (χ3v) is 3.60. The Morgan fingerprint density at radius 2 is 1.06 bits per heavy atom. The van der Waals surface area contributed by atoms with Crippen LogP contribution in [-0.4, -0.2) is 90.7 Å². The molecule has 0 fully saturated rings. The third-order valence-electron chi connectivity index (χ3n) is 3.60. The first kappa shape index (κ1) is 28.7. The van der Waals surface area contributed by atoms with Crippen molar-refractivity contribution in [1.29, 1.82) is 0 Å². The zero-order valence-corrected chi connectivity index (χ0v) is 17.3. The summed E-state index contributed by atoms with van der Waals surface area (Å²) in [4.78, 5) is 91.5. The molecule has 0 aromatic carbocycles. The molecule has 33 heavy (non-hydrogen) atoms. The molecule has 0 unspecified atom stereocenters. The van der Waals surface area contributed by atoms with E-state index in [-0.39, 0.29) is 6.54 Å². The second kappa shape index (κ2) is 14.7. The van der Waals surface area contributed by atoms with E-state index >= 15 is 0 Å². The lowest BCUT2D eigenvalue weighted by molar-refractivity contribution is -0.143. The van der Waals surface area contributed by atoms with Gasteiger partial charge < -0.3 is 48.9 Å². The van der Waals surface area contributed by atoms with Crippen LogP contribution in [0.25, 0.3) is 0 Å². The average Bonchev–Trinajstić information content (AvgIpc) is 2.72. The summed E-state index contributed by atoms with van der Waals surface area (Å²) >= 11 is 0. The van der Waals surface area contributed by atoms with Crippen molar-refractivity contribution in [2.75, 3.05) is 26.2 Å². The summed E-state index contributed by atoms with van der Waals surface area (Å²) in [6.07, 6.45) is -1.45. The molecular formula is C16H26N8O9. The molecule has 0 aromatic rings. The molecule has 184 valence electrons. The minimum Gasteiger partial charge on any atom is -0.480 e. The average molecular weight is 474 g/mol. The van der Waals surface area contributed by atoms with Crippen molar-refractivity contribution in [3.63, 3.8) is 0 Å². The van der Waals surface area contributed by atoms with E-state index in [2.05, 4.69) is 21.3 Å². The van der Waals surface area contributed by atoms with Gasteiger partial charge in [0, 0.05) is 0 Å². The van der Waals surface area contributed by atoms with Crippen molar-refractivity contribution < 1.29 is 43.5 Å². The van der Waals surface area contributed by atoms with Gasteiger partial charge in [0.25, 0.3) is 0 Å². The van der Waals surface area contributed by atoms with E-state index in [0.29, 0.717) is 0 Å². The number of amides is 7. The molecule has 0 spiro atoms. The highest BCUT2D eigenvalue weighted by Gasteiger charge is 2.28. The summed E-state index contributed by atoms with van der Waals surface area (Å²) in [6, 6.07) is -3.31. The summed E-state index contributed by atoms with van der Waals surface area (Å²) in [7, 11) is 0. The number of nitrogens with one attached hydrogen (secondary N) is 5. The number of carboxylic acid groups (broad SMARTS) is 1. The summed E-state index contributed by atoms with van der Waals surface area (Å²) in [5.74, 6) is -7.76. The Morgan fingerprint density at radius 1 is 0.636 bits per heavy atom. The SMILES string of the molecule is NCC(=O)NCC(=O)NCC(=O)NCC(=O)N[C@@H](CC(N)=O)C(=O)N[C@@H](CC(N)=O)C(=O)O. The predicted octanol–water partition coefficient (Wildman–Crippen LogP) is -6.90. The number of rotatable bonds is 15. The molecule has 17 heteroatoms. The van der Waals surface area contributed by atoms with Crippen LogP contribution in [0.3, 0.4) is 0 Å². The quantitative estimate of drug-likeness (QED) is 0.108. The van der Waals surface area contributed by atoms with Crippen molar-refractivity contribution in [2.45, 2.75) is 24.9 Å². The van der Waals surface area contributed by atoms with Crippen LogP contribution in [0.15, 0.2) is 0 Å². The van der Waals surface area contributed by atoms with Crippen LogP contribution in [0.2, 0.25) is 0 Å². The smallest absolute Gasteiger partial charge is 0.326 e. The summed E-state index contributed by atoms with van der Waals surface area (Å²) in [5, 5.41) is 19.5. The van der Waals surface area contributed by atoms with Crippen molar-refractivity contribution in [1.82, 2.24) is 26.6 Å². The lowest BCUT2D eigenvalue weighted by Gasteiger charge is -2.20. The number of primary amides is 2. The van der Waals surface area contributed by atoms with Gasteiger partial charge in [-0.1, -0.05) is 0 Å². The fourth-order valence-corrected chi connectivity index (χ4v) is 2.06. The Morgan fingerprint density at radius 3 is 1.48 bits per heavy atom. The number of carboxylic acids is 1. The minimum absolute atomic E-state index is 0.320. The normalized spacial score (nSPS) is 11.8. The van der Waals surface area contributed by atoms with Crippen LogP contribution < -0.4 is 43.8 Å². The first-order chi connectivity index (χ1) is 15.3. The lowest BCUT2D eigenvalue weighted by Crippen LogP contribution is -2.55.